The van der Waals surface area contributed by atoms with Crippen molar-refractivity contribution < 1.29 is 28.5 Å². The maximum atomic E-state index is 13.0. The van der Waals surface area contributed by atoms with E-state index >= 15 is 0 Å². The molecule has 2 atom stereocenters. The topological polar surface area (TPSA) is 77.5 Å². The van der Waals surface area contributed by atoms with Gasteiger partial charge in [0.25, 0.3) is 0 Å². The fourth-order valence-corrected chi connectivity index (χ4v) is 8.07. The van der Waals surface area contributed by atoms with E-state index in [0.29, 0.717) is 13.2 Å². The Morgan fingerprint density at radius 2 is 0.567 bits per heavy atom. The summed E-state index contributed by atoms with van der Waals surface area (Å²) in [5.41, 5.74) is -0.590. The first-order chi connectivity index (χ1) is 28.8. The minimum atomic E-state index is -0.345. The maximum absolute atomic E-state index is 13.0. The third-order valence-corrected chi connectivity index (χ3v) is 11.9. The van der Waals surface area contributed by atoms with Gasteiger partial charge in [0.2, 0.25) is 0 Å². The summed E-state index contributed by atoms with van der Waals surface area (Å²) >= 11 is 0. The molecule has 0 unspecified atom stereocenters. The molecule has 0 aliphatic rings. The average molecular weight is 853 g/mol. The molecular weight excluding hydrogens is 749 g/mol. The van der Waals surface area contributed by atoms with Gasteiger partial charge in [-0.3, -0.25) is 19.4 Å². The van der Waals surface area contributed by atoms with Crippen LogP contribution in [0.1, 0.15) is 248 Å². The van der Waals surface area contributed by atoms with E-state index in [2.05, 4.69) is 65.2 Å². The monoisotopic (exact) mass is 853 g/mol. The normalized spacial score (nSPS) is 13.3. The second-order valence-electron chi connectivity index (χ2n) is 19.9. The van der Waals surface area contributed by atoms with Gasteiger partial charge in [0, 0.05) is 0 Å². The third kappa shape index (κ3) is 36.3. The van der Waals surface area contributed by atoms with Gasteiger partial charge in [-0.2, -0.15) is 0 Å². The molecule has 0 aliphatic heterocycles. The van der Waals surface area contributed by atoms with Crippen LogP contribution in [0.3, 0.4) is 0 Å². The Balaban J connectivity index is 4.71. The summed E-state index contributed by atoms with van der Waals surface area (Å²) in [5, 5.41) is 0. The molecule has 0 aromatic heterocycles. The Labute approximate surface area is 374 Å². The quantitative estimate of drug-likeness (QED) is 0.0443. The molecule has 0 heterocycles. The van der Waals surface area contributed by atoms with Crippen molar-refractivity contribution in [1.82, 2.24) is 9.80 Å². The van der Waals surface area contributed by atoms with Crippen LogP contribution in [-0.4, -0.2) is 98.6 Å². The van der Waals surface area contributed by atoms with Gasteiger partial charge >= 0.3 is 11.9 Å². The van der Waals surface area contributed by atoms with E-state index in [1.54, 1.807) is 0 Å². The molecule has 8 nitrogen and oxygen atoms in total. The zero-order valence-corrected chi connectivity index (χ0v) is 42.0. The molecular formula is C52H104N2O6. The Morgan fingerprint density at radius 1 is 0.367 bits per heavy atom. The number of rotatable bonds is 43. The van der Waals surface area contributed by atoms with Crippen molar-refractivity contribution in [3.63, 3.8) is 0 Å². The molecule has 60 heavy (non-hydrogen) atoms. The fourth-order valence-electron chi connectivity index (χ4n) is 8.07. The summed E-state index contributed by atoms with van der Waals surface area (Å²) in [4.78, 5) is 30.6. The van der Waals surface area contributed by atoms with Gasteiger partial charge in [0.15, 0.2) is 0 Å². The predicted molar refractivity (Wildman–Crippen MR) is 256 cm³/mol. The van der Waals surface area contributed by atoms with Crippen molar-refractivity contribution in [3.05, 3.63) is 0 Å². The standard InChI is InChI=1S/C52H104N2O6/c1-11-13-15-17-19-21-25-29-33-37-41-53(47(49(55)57-9)45-59-51(3,4)5)43-39-35-31-27-23-24-28-32-36-40-44-54(48(50(56)58-10)46-60-52(6,7)8)42-38-34-30-26-22-20-18-16-14-12-2/h47-48H,11-46H2,1-10H3/t47-,48-/m0/s1. The highest BCUT2D eigenvalue weighted by Gasteiger charge is 2.30. The molecule has 0 radical (unpaired) electrons. The molecule has 0 saturated carbocycles. The number of methoxy groups -OCH3 is 2. The van der Waals surface area contributed by atoms with Crippen LogP contribution in [0, 0.1) is 0 Å². The molecule has 0 spiro atoms. The smallest absolute Gasteiger partial charge is 0.325 e. The lowest BCUT2D eigenvalue weighted by Crippen LogP contribution is -2.47. The average Bonchev–Trinajstić information content (AvgIpc) is 3.20. The van der Waals surface area contributed by atoms with Gasteiger partial charge in [0.1, 0.15) is 12.1 Å². The van der Waals surface area contributed by atoms with Crippen LogP contribution in [0.25, 0.3) is 0 Å². The van der Waals surface area contributed by atoms with Crippen LogP contribution in [0.4, 0.5) is 0 Å². The van der Waals surface area contributed by atoms with Crippen molar-refractivity contribution in [3.8, 4) is 0 Å². The van der Waals surface area contributed by atoms with Crippen LogP contribution in [0.5, 0.6) is 0 Å². The number of carbonyl (C=O) groups excluding carboxylic acids is 2. The van der Waals surface area contributed by atoms with E-state index < -0.39 is 0 Å². The number of hydrogen-bond acceptors (Lipinski definition) is 8. The van der Waals surface area contributed by atoms with Crippen molar-refractivity contribution >= 4 is 11.9 Å². The highest BCUT2D eigenvalue weighted by atomic mass is 16.5. The minimum absolute atomic E-state index is 0.175. The Hall–Kier alpha value is -1.22. The molecule has 358 valence electrons. The summed E-state index contributed by atoms with van der Waals surface area (Å²) in [6.07, 6.45) is 38.4. The second-order valence-corrected chi connectivity index (χ2v) is 19.9. The SMILES string of the molecule is CCCCCCCCCCCCN(CCCCCCCCCCCCN(CCCCCCCCCCCC)[C@@H](COC(C)(C)C)C(=O)OC)[C@@H](COC(C)(C)C)C(=O)OC. The lowest BCUT2D eigenvalue weighted by Gasteiger charge is -2.32. The fraction of sp³-hybridized carbons (Fsp3) is 0.962. The molecule has 0 aliphatic carbocycles. The summed E-state index contributed by atoms with van der Waals surface area (Å²) in [5.74, 6) is -0.350. The number of nitrogens with zero attached hydrogens (tertiary/aromatic N) is 2. The van der Waals surface area contributed by atoms with Gasteiger partial charge in [-0.25, -0.2) is 0 Å². The number of esters is 2. The van der Waals surface area contributed by atoms with Crippen LogP contribution < -0.4 is 0 Å². The lowest BCUT2D eigenvalue weighted by molar-refractivity contribution is -0.153. The van der Waals surface area contributed by atoms with Crippen LogP contribution in [-0.2, 0) is 28.5 Å². The van der Waals surface area contributed by atoms with E-state index in [0.717, 1.165) is 51.9 Å². The summed E-state index contributed by atoms with van der Waals surface area (Å²) < 4.78 is 22.8. The Kier molecular flexibility index (Phi) is 38.6. The highest BCUT2D eigenvalue weighted by molar-refractivity contribution is 5.76. The molecule has 0 saturated heterocycles. The van der Waals surface area contributed by atoms with Crippen molar-refractivity contribution in [2.75, 3.05) is 53.6 Å². The molecule has 0 fully saturated rings. The van der Waals surface area contributed by atoms with Crippen LogP contribution in [0.15, 0.2) is 0 Å². The summed E-state index contributed by atoms with van der Waals surface area (Å²) in [6.45, 7) is 21.3. The van der Waals surface area contributed by atoms with Crippen molar-refractivity contribution in [2.45, 2.75) is 271 Å². The third-order valence-electron chi connectivity index (χ3n) is 11.9. The van der Waals surface area contributed by atoms with E-state index in [1.165, 1.54) is 181 Å². The Bertz CT molecular complexity index is 887. The second kappa shape index (κ2) is 39.4. The number of unbranched alkanes of at least 4 members (excludes halogenated alkanes) is 27. The summed E-state index contributed by atoms with van der Waals surface area (Å²) in [6, 6.07) is -0.689. The maximum Gasteiger partial charge on any atom is 0.325 e. The number of carbonyl (C=O) groups is 2. The first kappa shape index (κ1) is 58.8. The van der Waals surface area contributed by atoms with E-state index in [-0.39, 0.29) is 35.2 Å². The molecule has 8 heteroatoms. The lowest BCUT2D eigenvalue weighted by atomic mass is 10.0. The predicted octanol–water partition coefficient (Wildman–Crippen LogP) is 14.0. The number of ether oxygens (including phenoxy) is 4. The highest BCUT2D eigenvalue weighted by Crippen LogP contribution is 2.19. The molecule has 0 rings (SSSR count). The number of hydrogen-bond donors (Lipinski definition) is 0. The molecule has 0 bridgehead atoms. The van der Waals surface area contributed by atoms with Crippen LogP contribution >= 0.6 is 0 Å². The van der Waals surface area contributed by atoms with Crippen LogP contribution in [0.2, 0.25) is 0 Å². The van der Waals surface area contributed by atoms with Gasteiger partial charge in [-0.1, -0.05) is 181 Å². The van der Waals surface area contributed by atoms with Gasteiger partial charge in [-0.15, -0.1) is 0 Å². The zero-order chi connectivity index (χ0) is 44.7. The van der Waals surface area contributed by atoms with E-state index in [4.69, 9.17) is 18.9 Å². The largest absolute Gasteiger partial charge is 0.468 e. The first-order valence-electron chi connectivity index (χ1n) is 25.7. The van der Waals surface area contributed by atoms with Gasteiger partial charge in [0.05, 0.1) is 38.6 Å². The molecule has 0 amide bonds. The molecule has 0 N–H and O–H groups in total. The van der Waals surface area contributed by atoms with Crippen molar-refractivity contribution in [1.29, 1.82) is 0 Å². The molecule has 0 aromatic rings. The van der Waals surface area contributed by atoms with E-state index in [9.17, 15) is 9.59 Å². The zero-order valence-electron chi connectivity index (χ0n) is 42.0. The minimum Gasteiger partial charge on any atom is -0.468 e. The van der Waals surface area contributed by atoms with Gasteiger partial charge < -0.3 is 18.9 Å². The molecule has 0 aromatic carbocycles. The summed E-state index contributed by atoms with van der Waals surface area (Å²) in [7, 11) is 3.01. The van der Waals surface area contributed by atoms with E-state index in [1.807, 2.05) is 0 Å². The van der Waals surface area contributed by atoms with Crippen molar-refractivity contribution in [2.24, 2.45) is 0 Å². The Morgan fingerprint density at radius 3 is 0.750 bits per heavy atom. The first-order valence-corrected chi connectivity index (χ1v) is 25.7. The van der Waals surface area contributed by atoms with Gasteiger partial charge in [-0.05, 0) is 93.4 Å².